The van der Waals surface area contributed by atoms with Crippen molar-refractivity contribution in [2.45, 2.75) is 13.0 Å². The van der Waals surface area contributed by atoms with Gasteiger partial charge in [-0.3, -0.25) is 9.59 Å². The molecule has 4 rings (SSSR count). The van der Waals surface area contributed by atoms with Crippen molar-refractivity contribution >= 4 is 45.8 Å². The van der Waals surface area contributed by atoms with Crippen LogP contribution < -0.4 is 15.5 Å². The van der Waals surface area contributed by atoms with Gasteiger partial charge >= 0.3 is 0 Å². The number of para-hydroxylation sites is 1. The third-order valence-corrected chi connectivity index (χ3v) is 5.20. The molecule has 0 aliphatic rings. The van der Waals surface area contributed by atoms with Crippen LogP contribution in [0.5, 0.6) is 5.75 Å². The Labute approximate surface area is 188 Å². The highest BCUT2D eigenvalue weighted by atomic mass is 35.5. The van der Waals surface area contributed by atoms with Gasteiger partial charge in [0.15, 0.2) is 11.9 Å². The third kappa shape index (κ3) is 4.43. The number of ether oxygens (including phenoxy) is 1. The molecule has 1 atom stereocenters. The molecule has 31 heavy (non-hydrogen) atoms. The SMILES string of the molecule is CC(Oc1c(-c2ccccc2Cl)oc2ccc(Cl)cc2c1=O)C(=O)Nc1ccccc1. The number of rotatable bonds is 5. The van der Waals surface area contributed by atoms with E-state index in [0.29, 0.717) is 26.9 Å². The number of hydrogen-bond acceptors (Lipinski definition) is 4. The Bertz CT molecular complexity index is 1320. The van der Waals surface area contributed by atoms with Crippen molar-refractivity contribution in [2.75, 3.05) is 5.32 Å². The second-order valence-corrected chi connectivity index (χ2v) is 7.67. The van der Waals surface area contributed by atoms with Crippen LogP contribution in [0.15, 0.2) is 82.0 Å². The van der Waals surface area contributed by atoms with Gasteiger partial charge < -0.3 is 14.5 Å². The van der Waals surface area contributed by atoms with Crippen LogP contribution >= 0.6 is 23.2 Å². The fourth-order valence-corrected chi connectivity index (χ4v) is 3.47. The summed E-state index contributed by atoms with van der Waals surface area (Å²) >= 11 is 12.4. The zero-order valence-electron chi connectivity index (χ0n) is 16.4. The molecule has 5 nitrogen and oxygen atoms in total. The molecular formula is C24H17Cl2NO4. The van der Waals surface area contributed by atoms with Gasteiger partial charge in [0.2, 0.25) is 11.2 Å². The Morgan fingerprint density at radius 2 is 1.71 bits per heavy atom. The van der Waals surface area contributed by atoms with E-state index >= 15 is 0 Å². The highest BCUT2D eigenvalue weighted by Gasteiger charge is 2.24. The monoisotopic (exact) mass is 453 g/mol. The predicted molar refractivity (Wildman–Crippen MR) is 123 cm³/mol. The van der Waals surface area contributed by atoms with Crippen molar-refractivity contribution in [3.05, 3.63) is 93.1 Å². The predicted octanol–water partition coefficient (Wildman–Crippen LogP) is 6.17. The number of hydrogen-bond donors (Lipinski definition) is 1. The second-order valence-electron chi connectivity index (χ2n) is 6.83. The van der Waals surface area contributed by atoms with E-state index in [4.69, 9.17) is 32.4 Å². The molecule has 0 aliphatic heterocycles. The number of fused-ring (bicyclic) bond motifs is 1. The molecule has 1 unspecified atom stereocenters. The third-order valence-electron chi connectivity index (χ3n) is 4.63. The van der Waals surface area contributed by atoms with Crippen molar-refractivity contribution in [3.8, 4) is 17.1 Å². The Balaban J connectivity index is 1.79. The average Bonchev–Trinajstić information content (AvgIpc) is 2.77. The van der Waals surface area contributed by atoms with Crippen LogP contribution in [0.3, 0.4) is 0 Å². The smallest absolute Gasteiger partial charge is 0.265 e. The summed E-state index contributed by atoms with van der Waals surface area (Å²) in [6, 6.07) is 20.6. The van der Waals surface area contributed by atoms with Crippen LogP contribution in [0, 0.1) is 0 Å². The Morgan fingerprint density at radius 1 is 1.00 bits per heavy atom. The van der Waals surface area contributed by atoms with Gasteiger partial charge in [0.25, 0.3) is 5.91 Å². The minimum Gasteiger partial charge on any atom is -0.473 e. The molecular weight excluding hydrogens is 437 g/mol. The average molecular weight is 454 g/mol. The van der Waals surface area contributed by atoms with Gasteiger partial charge in [0.1, 0.15) is 5.58 Å². The minimum atomic E-state index is -0.985. The van der Waals surface area contributed by atoms with E-state index in [-0.39, 0.29) is 16.9 Å². The van der Waals surface area contributed by atoms with Crippen LogP contribution in [0.4, 0.5) is 5.69 Å². The van der Waals surface area contributed by atoms with Gasteiger partial charge in [-0.2, -0.15) is 0 Å². The summed E-state index contributed by atoms with van der Waals surface area (Å²) in [6.07, 6.45) is -0.985. The van der Waals surface area contributed by atoms with E-state index in [9.17, 15) is 9.59 Å². The van der Waals surface area contributed by atoms with E-state index in [1.54, 1.807) is 67.6 Å². The summed E-state index contributed by atoms with van der Waals surface area (Å²) in [5.41, 5.74) is 0.978. The van der Waals surface area contributed by atoms with Crippen LogP contribution in [0.25, 0.3) is 22.3 Å². The highest BCUT2D eigenvalue weighted by molar-refractivity contribution is 6.33. The van der Waals surface area contributed by atoms with E-state index in [0.717, 1.165) is 0 Å². The maximum atomic E-state index is 13.3. The van der Waals surface area contributed by atoms with Gasteiger partial charge in [-0.25, -0.2) is 0 Å². The first kappa shape index (κ1) is 21.0. The molecule has 7 heteroatoms. The minimum absolute atomic E-state index is 0.112. The molecule has 0 bridgehead atoms. The lowest BCUT2D eigenvalue weighted by Gasteiger charge is -2.17. The van der Waals surface area contributed by atoms with Crippen LogP contribution in [-0.2, 0) is 4.79 Å². The number of carbonyl (C=O) groups is 1. The largest absolute Gasteiger partial charge is 0.473 e. The Hall–Kier alpha value is -3.28. The Morgan fingerprint density at radius 3 is 2.45 bits per heavy atom. The molecule has 1 aromatic heterocycles. The number of nitrogens with one attached hydrogen (secondary N) is 1. The van der Waals surface area contributed by atoms with Crippen LogP contribution in [0.2, 0.25) is 10.0 Å². The molecule has 156 valence electrons. The lowest BCUT2D eigenvalue weighted by atomic mass is 10.1. The van der Waals surface area contributed by atoms with E-state index in [2.05, 4.69) is 5.32 Å². The van der Waals surface area contributed by atoms with Gasteiger partial charge in [0, 0.05) is 16.3 Å². The summed E-state index contributed by atoms with van der Waals surface area (Å²) < 4.78 is 11.8. The maximum Gasteiger partial charge on any atom is 0.265 e. The van der Waals surface area contributed by atoms with Gasteiger partial charge in [-0.05, 0) is 49.4 Å². The standard InChI is InChI=1S/C24H17Cl2NO4/c1-14(24(29)27-16-7-3-2-4-8-16)30-23-21(28)18-13-15(25)11-12-20(18)31-22(23)17-9-5-6-10-19(17)26/h2-14H,1H3,(H,27,29). The molecule has 1 N–H and O–H groups in total. The molecule has 0 saturated heterocycles. The molecule has 1 heterocycles. The van der Waals surface area contributed by atoms with E-state index in [1.165, 1.54) is 6.07 Å². The fourth-order valence-electron chi connectivity index (χ4n) is 3.08. The lowest BCUT2D eigenvalue weighted by molar-refractivity contribution is -0.122. The van der Waals surface area contributed by atoms with Crippen molar-refractivity contribution in [1.29, 1.82) is 0 Å². The molecule has 0 radical (unpaired) electrons. The quantitative estimate of drug-likeness (QED) is 0.392. The molecule has 4 aromatic rings. The van der Waals surface area contributed by atoms with Crippen molar-refractivity contribution in [1.82, 2.24) is 0 Å². The fraction of sp³-hybridized carbons (Fsp3) is 0.0833. The number of halogens is 2. The van der Waals surface area contributed by atoms with Crippen molar-refractivity contribution in [3.63, 3.8) is 0 Å². The maximum absolute atomic E-state index is 13.3. The highest BCUT2D eigenvalue weighted by Crippen LogP contribution is 2.36. The molecule has 0 saturated carbocycles. The molecule has 1 amide bonds. The number of benzene rings is 3. The van der Waals surface area contributed by atoms with Crippen LogP contribution in [0.1, 0.15) is 6.92 Å². The first-order valence-electron chi connectivity index (χ1n) is 9.48. The van der Waals surface area contributed by atoms with Gasteiger partial charge in [-0.1, -0.05) is 53.5 Å². The molecule has 0 spiro atoms. The van der Waals surface area contributed by atoms with Crippen LogP contribution in [-0.4, -0.2) is 12.0 Å². The van der Waals surface area contributed by atoms with Crippen molar-refractivity contribution < 1.29 is 13.9 Å². The number of amides is 1. The summed E-state index contributed by atoms with van der Waals surface area (Å²) in [4.78, 5) is 25.9. The molecule has 0 fully saturated rings. The zero-order chi connectivity index (χ0) is 22.0. The number of anilines is 1. The first-order valence-corrected chi connectivity index (χ1v) is 10.2. The number of carbonyl (C=O) groups excluding carboxylic acids is 1. The molecule has 3 aromatic carbocycles. The van der Waals surface area contributed by atoms with E-state index in [1.807, 2.05) is 6.07 Å². The first-order chi connectivity index (χ1) is 14.9. The Kier molecular flexibility index (Phi) is 5.98. The summed E-state index contributed by atoms with van der Waals surface area (Å²) in [7, 11) is 0. The van der Waals surface area contributed by atoms with Gasteiger partial charge in [0.05, 0.1) is 10.4 Å². The topological polar surface area (TPSA) is 68.5 Å². The van der Waals surface area contributed by atoms with Crippen molar-refractivity contribution in [2.24, 2.45) is 0 Å². The summed E-state index contributed by atoms with van der Waals surface area (Å²) in [6.45, 7) is 1.55. The molecule has 0 aliphatic carbocycles. The normalized spacial score (nSPS) is 11.8. The second kappa shape index (κ2) is 8.84. The summed E-state index contributed by atoms with van der Waals surface area (Å²) in [5.74, 6) is -0.384. The summed E-state index contributed by atoms with van der Waals surface area (Å²) in [5, 5.41) is 3.76. The van der Waals surface area contributed by atoms with Gasteiger partial charge in [-0.15, -0.1) is 0 Å². The zero-order valence-corrected chi connectivity index (χ0v) is 17.9. The lowest BCUT2D eigenvalue weighted by Crippen LogP contribution is -2.31. The van der Waals surface area contributed by atoms with E-state index < -0.39 is 17.4 Å².